The molecular weight excluding hydrogens is 363 g/mol. The zero-order chi connectivity index (χ0) is 18.0. The highest BCUT2D eigenvalue weighted by atomic mass is 35.5. The largest absolute Gasteiger partial charge is 0.338 e. The molecule has 2 amide bonds. The number of amides is 2. The van der Waals surface area contributed by atoms with Crippen LogP contribution in [0.1, 0.15) is 18.2 Å². The minimum atomic E-state index is -0.456. The lowest BCUT2D eigenvalue weighted by Crippen LogP contribution is -2.36. The maximum Gasteiger partial charge on any atom is 0.228 e. The fraction of sp³-hybridized carbons (Fsp3) is 0.333. The average molecular weight is 381 g/mol. The van der Waals surface area contributed by atoms with Gasteiger partial charge in [-0.3, -0.25) is 9.59 Å². The number of carbonyl (C=O) groups excluding carboxylic acids is 2. The van der Waals surface area contributed by atoms with Gasteiger partial charge in [0.2, 0.25) is 11.8 Å². The van der Waals surface area contributed by atoms with E-state index < -0.39 is 11.7 Å². The topological polar surface area (TPSA) is 40.6 Å². The first-order chi connectivity index (χ1) is 12.0. The molecular formula is C18H18ClFN2O2S. The fourth-order valence-electron chi connectivity index (χ4n) is 3.01. The van der Waals surface area contributed by atoms with Crippen molar-refractivity contribution in [2.24, 2.45) is 5.92 Å². The molecule has 1 fully saturated rings. The second-order valence-corrected chi connectivity index (χ2v) is 7.71. The summed E-state index contributed by atoms with van der Waals surface area (Å²) in [7, 11) is 0. The van der Waals surface area contributed by atoms with E-state index in [1.807, 2.05) is 13.0 Å². The summed E-state index contributed by atoms with van der Waals surface area (Å²) in [5.41, 5.74) is 0.232. The van der Waals surface area contributed by atoms with Gasteiger partial charge in [-0.1, -0.05) is 23.7 Å². The van der Waals surface area contributed by atoms with E-state index >= 15 is 0 Å². The zero-order valence-electron chi connectivity index (χ0n) is 13.7. The van der Waals surface area contributed by atoms with Crippen LogP contribution in [0.5, 0.6) is 0 Å². The van der Waals surface area contributed by atoms with Crippen molar-refractivity contribution >= 4 is 40.4 Å². The van der Waals surface area contributed by atoms with E-state index in [1.54, 1.807) is 29.2 Å². The van der Waals surface area contributed by atoms with Gasteiger partial charge in [-0.05, 0) is 31.2 Å². The first-order valence-electron chi connectivity index (χ1n) is 8.07. The first kappa shape index (κ1) is 17.9. The van der Waals surface area contributed by atoms with Crippen LogP contribution in [0, 0.1) is 11.7 Å². The van der Waals surface area contributed by atoms with Crippen molar-refractivity contribution in [3.05, 3.63) is 51.4 Å². The van der Waals surface area contributed by atoms with Crippen LogP contribution >= 0.6 is 22.9 Å². The van der Waals surface area contributed by atoms with Crippen molar-refractivity contribution in [2.75, 3.05) is 18.0 Å². The summed E-state index contributed by atoms with van der Waals surface area (Å²) in [5, 5.41) is 0. The Bertz CT molecular complexity index is 795. The summed E-state index contributed by atoms with van der Waals surface area (Å²) >= 11 is 7.38. The Balaban J connectivity index is 1.72. The minimum absolute atomic E-state index is 0.0841. The standard InChI is InChI=1S/C18H18ClFN2O2S/c1-2-21(11-13-7-8-16(19)25-13)18(24)12-9-17(23)22(10-12)15-6-4-3-5-14(15)20/h3-8,12H,2,9-11H2,1H3. The number of para-hydroxylation sites is 1. The van der Waals surface area contributed by atoms with E-state index in [1.165, 1.54) is 22.3 Å². The predicted octanol–water partition coefficient (Wildman–Crippen LogP) is 3.94. The van der Waals surface area contributed by atoms with Crippen molar-refractivity contribution in [2.45, 2.75) is 19.9 Å². The van der Waals surface area contributed by atoms with E-state index in [-0.39, 0.29) is 30.5 Å². The molecule has 1 aromatic carbocycles. The number of thiophene rings is 1. The van der Waals surface area contributed by atoms with Crippen molar-refractivity contribution in [1.29, 1.82) is 0 Å². The van der Waals surface area contributed by atoms with E-state index in [4.69, 9.17) is 11.6 Å². The number of carbonyl (C=O) groups is 2. The molecule has 1 aliphatic heterocycles. The van der Waals surface area contributed by atoms with Gasteiger partial charge in [0.25, 0.3) is 0 Å². The second kappa shape index (κ2) is 7.54. The van der Waals surface area contributed by atoms with Gasteiger partial charge in [0.05, 0.1) is 22.5 Å². The molecule has 1 saturated heterocycles. The molecule has 3 rings (SSSR count). The molecule has 1 aliphatic rings. The monoisotopic (exact) mass is 380 g/mol. The smallest absolute Gasteiger partial charge is 0.228 e. The summed E-state index contributed by atoms with van der Waals surface area (Å²) < 4.78 is 14.6. The third-order valence-corrected chi connectivity index (χ3v) is 5.50. The van der Waals surface area contributed by atoms with Gasteiger partial charge in [-0.25, -0.2) is 4.39 Å². The number of anilines is 1. The van der Waals surface area contributed by atoms with Gasteiger partial charge < -0.3 is 9.80 Å². The Morgan fingerprint density at radius 2 is 2.12 bits per heavy atom. The van der Waals surface area contributed by atoms with Crippen LogP contribution in [0.2, 0.25) is 4.34 Å². The van der Waals surface area contributed by atoms with Crippen LogP contribution in [0.4, 0.5) is 10.1 Å². The van der Waals surface area contributed by atoms with Crippen LogP contribution in [0.15, 0.2) is 36.4 Å². The van der Waals surface area contributed by atoms with Gasteiger partial charge in [-0.2, -0.15) is 0 Å². The van der Waals surface area contributed by atoms with E-state index in [2.05, 4.69) is 0 Å². The highest BCUT2D eigenvalue weighted by Gasteiger charge is 2.37. The zero-order valence-corrected chi connectivity index (χ0v) is 15.3. The lowest BCUT2D eigenvalue weighted by molar-refractivity contribution is -0.136. The molecule has 0 saturated carbocycles. The van der Waals surface area contributed by atoms with Crippen LogP contribution in [-0.4, -0.2) is 29.8 Å². The Kier molecular flexibility index (Phi) is 5.39. The third-order valence-electron chi connectivity index (χ3n) is 4.29. The number of hydrogen-bond donors (Lipinski definition) is 0. The quantitative estimate of drug-likeness (QED) is 0.788. The summed E-state index contributed by atoms with van der Waals surface area (Å²) in [5.74, 6) is -1.22. The van der Waals surface area contributed by atoms with Crippen molar-refractivity contribution in [3.63, 3.8) is 0 Å². The van der Waals surface area contributed by atoms with Crippen molar-refractivity contribution < 1.29 is 14.0 Å². The number of benzene rings is 1. The Morgan fingerprint density at radius 1 is 1.36 bits per heavy atom. The molecule has 2 heterocycles. The molecule has 25 heavy (non-hydrogen) atoms. The van der Waals surface area contributed by atoms with E-state index in [9.17, 15) is 14.0 Å². The molecule has 0 spiro atoms. The minimum Gasteiger partial charge on any atom is -0.338 e. The second-order valence-electron chi connectivity index (χ2n) is 5.92. The first-order valence-corrected chi connectivity index (χ1v) is 9.27. The fourth-order valence-corrected chi connectivity index (χ4v) is 4.11. The molecule has 0 radical (unpaired) electrons. The summed E-state index contributed by atoms with van der Waals surface area (Å²) in [6, 6.07) is 9.84. The van der Waals surface area contributed by atoms with Crippen molar-refractivity contribution in [1.82, 2.24) is 4.90 Å². The lowest BCUT2D eigenvalue weighted by Gasteiger charge is -2.24. The molecule has 132 valence electrons. The molecule has 1 atom stereocenters. The molecule has 1 unspecified atom stereocenters. The molecule has 0 bridgehead atoms. The van der Waals surface area contributed by atoms with Gasteiger partial charge in [0.1, 0.15) is 5.82 Å². The molecule has 0 aliphatic carbocycles. The average Bonchev–Trinajstić information content (AvgIpc) is 3.18. The summed E-state index contributed by atoms with van der Waals surface area (Å²) in [6.45, 7) is 3.12. The highest BCUT2D eigenvalue weighted by Crippen LogP contribution is 2.29. The number of rotatable bonds is 5. The van der Waals surface area contributed by atoms with Crippen LogP contribution < -0.4 is 4.90 Å². The van der Waals surface area contributed by atoms with Gasteiger partial charge >= 0.3 is 0 Å². The third kappa shape index (κ3) is 3.85. The predicted molar refractivity (Wildman–Crippen MR) is 97.3 cm³/mol. The lowest BCUT2D eigenvalue weighted by atomic mass is 10.1. The number of nitrogens with zero attached hydrogens (tertiary/aromatic N) is 2. The summed E-state index contributed by atoms with van der Waals surface area (Å²) in [6.07, 6.45) is 0.106. The maximum absolute atomic E-state index is 14.0. The molecule has 7 heteroatoms. The van der Waals surface area contributed by atoms with Gasteiger partial charge in [0.15, 0.2) is 0 Å². The van der Waals surface area contributed by atoms with Crippen LogP contribution in [0.3, 0.4) is 0 Å². The molecule has 0 N–H and O–H groups in total. The Morgan fingerprint density at radius 3 is 2.76 bits per heavy atom. The Hall–Kier alpha value is -1.92. The maximum atomic E-state index is 14.0. The van der Waals surface area contributed by atoms with Gasteiger partial charge in [-0.15, -0.1) is 11.3 Å². The Labute approximate surface area is 154 Å². The van der Waals surface area contributed by atoms with Crippen LogP contribution in [0.25, 0.3) is 0 Å². The summed E-state index contributed by atoms with van der Waals surface area (Å²) in [4.78, 5) is 29.2. The van der Waals surface area contributed by atoms with E-state index in [0.29, 0.717) is 17.4 Å². The highest BCUT2D eigenvalue weighted by molar-refractivity contribution is 7.16. The van der Waals surface area contributed by atoms with E-state index in [0.717, 1.165) is 4.88 Å². The molecule has 4 nitrogen and oxygen atoms in total. The van der Waals surface area contributed by atoms with Gasteiger partial charge in [0, 0.05) is 24.4 Å². The number of hydrogen-bond acceptors (Lipinski definition) is 3. The normalized spacial score (nSPS) is 17.2. The van der Waals surface area contributed by atoms with Crippen LogP contribution in [-0.2, 0) is 16.1 Å². The van der Waals surface area contributed by atoms with Crippen molar-refractivity contribution in [3.8, 4) is 0 Å². The SMILES string of the molecule is CCN(Cc1ccc(Cl)s1)C(=O)C1CC(=O)N(c2ccccc2F)C1. The number of halogens is 2. The molecule has 2 aromatic rings. The molecule has 1 aromatic heterocycles.